The summed E-state index contributed by atoms with van der Waals surface area (Å²) in [4.78, 5) is 14.7. The largest absolute Gasteiger partial charge is 0.381 e. The zero-order chi connectivity index (χ0) is 17.9. The number of nitrogens with zero attached hydrogens (tertiary/aromatic N) is 5. The summed E-state index contributed by atoms with van der Waals surface area (Å²) in [6.07, 6.45) is 10.8. The molecule has 1 saturated carbocycles. The number of aryl methyl sites for hydroxylation is 1. The molecule has 0 spiro atoms. The Morgan fingerprint density at radius 3 is 2.73 bits per heavy atom. The number of aromatic nitrogens is 4. The first kappa shape index (κ1) is 16.9. The van der Waals surface area contributed by atoms with Gasteiger partial charge in [0.25, 0.3) is 0 Å². The van der Waals surface area contributed by atoms with E-state index in [2.05, 4.69) is 42.3 Å². The molecule has 0 unspecified atom stereocenters. The minimum atomic E-state index is 0.420. The first-order valence-corrected chi connectivity index (χ1v) is 9.12. The van der Waals surface area contributed by atoms with Crippen molar-refractivity contribution in [3.05, 3.63) is 35.9 Å². The molecule has 0 aromatic carbocycles. The molecule has 0 bridgehead atoms. The van der Waals surface area contributed by atoms with Gasteiger partial charge in [0.1, 0.15) is 12.0 Å². The zero-order valence-electron chi connectivity index (χ0n) is 15.2. The molecule has 2 aliphatic rings. The second kappa shape index (κ2) is 7.37. The number of aliphatic imine (C=N–C) groups is 1. The van der Waals surface area contributed by atoms with Crippen molar-refractivity contribution in [1.82, 2.24) is 25.1 Å². The highest BCUT2D eigenvalue weighted by molar-refractivity contribution is 5.78. The Kier molecular flexibility index (Phi) is 4.79. The van der Waals surface area contributed by atoms with Crippen LogP contribution in [0.15, 0.2) is 29.7 Å². The molecule has 1 aliphatic heterocycles. The molecule has 136 valence electrons. The van der Waals surface area contributed by atoms with E-state index in [0.717, 1.165) is 54.9 Å². The topological polar surface area (TPSA) is 79.3 Å². The Hall–Kier alpha value is -2.54. The average molecular weight is 352 g/mol. The number of nitrogens with one attached hydrogen (secondary N) is 1. The van der Waals surface area contributed by atoms with Crippen molar-refractivity contribution >= 4 is 11.9 Å². The molecule has 0 atom stereocenters. The molecule has 1 fully saturated rings. The van der Waals surface area contributed by atoms with Crippen LogP contribution in [0.4, 0.5) is 0 Å². The summed E-state index contributed by atoms with van der Waals surface area (Å²) in [5.41, 5.74) is 3.75. The molecular weight excluding hydrogens is 328 g/mol. The van der Waals surface area contributed by atoms with E-state index < -0.39 is 0 Å². The third-order valence-electron chi connectivity index (χ3n) is 5.28. The van der Waals surface area contributed by atoms with Crippen molar-refractivity contribution in [2.45, 2.75) is 44.8 Å². The molecule has 7 heteroatoms. The summed E-state index contributed by atoms with van der Waals surface area (Å²) < 4.78 is 5.49. The van der Waals surface area contributed by atoms with Crippen molar-refractivity contribution < 1.29 is 4.74 Å². The number of hydrogen-bond donors (Lipinski definition) is 1. The summed E-state index contributed by atoms with van der Waals surface area (Å²) in [7, 11) is 1.81. The van der Waals surface area contributed by atoms with Crippen molar-refractivity contribution in [3.63, 3.8) is 0 Å². The van der Waals surface area contributed by atoms with Crippen molar-refractivity contribution in [3.8, 4) is 11.5 Å². The number of hydrogen-bond acceptors (Lipinski definition) is 6. The second-order valence-electron chi connectivity index (χ2n) is 6.86. The molecule has 2 aromatic rings. The molecule has 26 heavy (non-hydrogen) atoms. The van der Waals surface area contributed by atoms with Crippen LogP contribution >= 0.6 is 0 Å². The first-order valence-electron chi connectivity index (χ1n) is 9.12. The minimum Gasteiger partial charge on any atom is -0.381 e. The van der Waals surface area contributed by atoms with E-state index in [4.69, 9.17) is 4.74 Å². The molecular formula is C19H24N6O. The van der Waals surface area contributed by atoms with Gasteiger partial charge in [0.05, 0.1) is 18.3 Å². The lowest BCUT2D eigenvalue weighted by Gasteiger charge is -2.36. The van der Waals surface area contributed by atoms with E-state index in [0.29, 0.717) is 18.0 Å². The van der Waals surface area contributed by atoms with Crippen LogP contribution in [0.3, 0.4) is 0 Å². The maximum absolute atomic E-state index is 5.49. The summed E-state index contributed by atoms with van der Waals surface area (Å²) in [5.74, 6) is 0.678. The maximum atomic E-state index is 5.49. The van der Waals surface area contributed by atoms with Gasteiger partial charge in [-0.25, -0.2) is 4.98 Å². The van der Waals surface area contributed by atoms with Gasteiger partial charge < -0.3 is 14.6 Å². The SMILES string of the molecule is CO[C@H]1CC[C@H](N2C=C(c3ccc(-c4nnc[nH]4)nc3C)N=CC2)CC1. The van der Waals surface area contributed by atoms with Gasteiger partial charge in [-0.05, 0) is 44.7 Å². The molecule has 1 aliphatic carbocycles. The Labute approximate surface area is 153 Å². The fraction of sp³-hybridized carbons (Fsp3) is 0.474. The number of aromatic amines is 1. The summed E-state index contributed by atoms with van der Waals surface area (Å²) >= 11 is 0. The van der Waals surface area contributed by atoms with Gasteiger partial charge in [0.2, 0.25) is 0 Å². The number of rotatable bonds is 4. The van der Waals surface area contributed by atoms with Crippen LogP contribution in [0.5, 0.6) is 0 Å². The van der Waals surface area contributed by atoms with Crippen LogP contribution in [-0.4, -0.2) is 57.1 Å². The Balaban J connectivity index is 1.53. The van der Waals surface area contributed by atoms with Gasteiger partial charge in [-0.2, -0.15) is 0 Å². The Morgan fingerprint density at radius 1 is 1.19 bits per heavy atom. The van der Waals surface area contributed by atoms with E-state index in [1.165, 1.54) is 0 Å². The van der Waals surface area contributed by atoms with Gasteiger partial charge in [-0.15, -0.1) is 10.2 Å². The summed E-state index contributed by atoms with van der Waals surface area (Å²) in [5, 5.41) is 7.84. The number of ether oxygens (including phenoxy) is 1. The molecule has 7 nitrogen and oxygen atoms in total. The Bertz CT molecular complexity index is 805. The zero-order valence-corrected chi connectivity index (χ0v) is 15.2. The van der Waals surface area contributed by atoms with Crippen LogP contribution in [-0.2, 0) is 4.74 Å². The quantitative estimate of drug-likeness (QED) is 0.915. The van der Waals surface area contributed by atoms with Gasteiger partial charge >= 0.3 is 0 Å². The van der Waals surface area contributed by atoms with Crippen LogP contribution in [0, 0.1) is 6.92 Å². The van der Waals surface area contributed by atoms with Gasteiger partial charge in [-0.3, -0.25) is 4.99 Å². The smallest absolute Gasteiger partial charge is 0.179 e. The highest BCUT2D eigenvalue weighted by Crippen LogP contribution is 2.29. The van der Waals surface area contributed by atoms with E-state index in [-0.39, 0.29) is 0 Å². The number of H-pyrrole nitrogens is 1. The predicted octanol–water partition coefficient (Wildman–Crippen LogP) is 2.82. The molecule has 2 aromatic heterocycles. The fourth-order valence-corrected chi connectivity index (χ4v) is 3.78. The first-order chi connectivity index (χ1) is 12.7. The molecule has 0 amide bonds. The van der Waals surface area contributed by atoms with Crippen molar-refractivity contribution in [2.24, 2.45) is 4.99 Å². The van der Waals surface area contributed by atoms with Crippen LogP contribution in [0.25, 0.3) is 17.2 Å². The van der Waals surface area contributed by atoms with E-state index in [9.17, 15) is 0 Å². The van der Waals surface area contributed by atoms with E-state index in [1.54, 1.807) is 6.33 Å². The second-order valence-corrected chi connectivity index (χ2v) is 6.86. The lowest BCUT2D eigenvalue weighted by atomic mass is 9.91. The number of methoxy groups -OCH3 is 1. The normalized spacial score (nSPS) is 23.2. The molecule has 0 saturated heterocycles. The molecule has 4 rings (SSSR count). The lowest BCUT2D eigenvalue weighted by Crippen LogP contribution is -2.38. The Morgan fingerprint density at radius 2 is 2.04 bits per heavy atom. The van der Waals surface area contributed by atoms with Gasteiger partial charge in [0.15, 0.2) is 5.82 Å². The van der Waals surface area contributed by atoms with Crippen molar-refractivity contribution in [2.75, 3.05) is 13.7 Å². The lowest BCUT2D eigenvalue weighted by molar-refractivity contribution is 0.0501. The monoisotopic (exact) mass is 352 g/mol. The van der Waals surface area contributed by atoms with Crippen LogP contribution < -0.4 is 0 Å². The van der Waals surface area contributed by atoms with Crippen molar-refractivity contribution in [1.29, 1.82) is 0 Å². The van der Waals surface area contributed by atoms with E-state index in [1.807, 2.05) is 26.3 Å². The van der Waals surface area contributed by atoms with Crippen LogP contribution in [0.1, 0.15) is 36.9 Å². The van der Waals surface area contributed by atoms with Crippen LogP contribution in [0.2, 0.25) is 0 Å². The van der Waals surface area contributed by atoms with Gasteiger partial charge in [0, 0.05) is 36.8 Å². The highest BCUT2D eigenvalue weighted by atomic mass is 16.5. The maximum Gasteiger partial charge on any atom is 0.179 e. The average Bonchev–Trinajstić information content (AvgIpc) is 3.23. The third-order valence-corrected chi connectivity index (χ3v) is 5.28. The van der Waals surface area contributed by atoms with Gasteiger partial charge in [-0.1, -0.05) is 0 Å². The standard InChI is InChI=1S/C19H24N6O/c1-13-16(7-8-17(23-13)19-21-12-22-24-19)18-11-25(10-9-20-18)14-3-5-15(26-2)6-4-14/h7-9,11-12,14-15H,3-6,10H2,1-2H3,(H,21,22,24)/t14-,15-. The highest BCUT2D eigenvalue weighted by Gasteiger charge is 2.25. The molecule has 3 heterocycles. The summed E-state index contributed by atoms with van der Waals surface area (Å²) in [6.45, 7) is 2.88. The molecule has 1 N–H and O–H groups in total. The molecule has 0 radical (unpaired) electrons. The summed E-state index contributed by atoms with van der Waals surface area (Å²) in [6, 6.07) is 4.58. The number of pyridine rings is 1. The fourth-order valence-electron chi connectivity index (χ4n) is 3.78. The predicted molar refractivity (Wildman–Crippen MR) is 101 cm³/mol. The third kappa shape index (κ3) is 3.39. The minimum absolute atomic E-state index is 0.420. The van der Waals surface area contributed by atoms with E-state index >= 15 is 0 Å².